The molecular weight excluding hydrogens is 126 g/mol. The second-order valence-corrected chi connectivity index (χ2v) is 7.75. The molecule has 0 N–H and O–H groups in total. The molecule has 0 aliphatic rings. The summed E-state index contributed by atoms with van der Waals surface area (Å²) in [6.07, 6.45) is 1.09. The first kappa shape index (κ1) is 9.23. The molecule has 0 aromatic heterocycles. The zero-order valence-electron chi connectivity index (χ0n) is 6.94. The lowest BCUT2D eigenvalue weighted by Gasteiger charge is -2.08. The Bertz CT molecular complexity index is 102. The first-order valence-corrected chi connectivity index (χ1v) is 6.50. The van der Waals surface area contributed by atoms with Crippen molar-refractivity contribution < 1.29 is 0 Å². The summed E-state index contributed by atoms with van der Waals surface area (Å²) in [5.74, 6) is 0. The van der Waals surface area contributed by atoms with E-state index in [1.54, 1.807) is 0 Å². The minimum Gasteiger partial charge on any atom is -0.105 e. The Morgan fingerprint density at radius 2 is 1.89 bits per heavy atom. The highest BCUT2D eigenvalue weighted by atomic mass is 31.2. The third-order valence-corrected chi connectivity index (χ3v) is 2.16. The summed E-state index contributed by atoms with van der Waals surface area (Å²) < 4.78 is 0. The topological polar surface area (TPSA) is 0 Å². The molecule has 0 bridgehead atoms. The van der Waals surface area contributed by atoms with E-state index in [0.29, 0.717) is 0 Å². The second kappa shape index (κ2) is 3.41. The molecule has 0 nitrogen and oxygen atoms in total. The molecule has 0 fully saturated rings. The van der Waals surface area contributed by atoms with E-state index < -0.39 is 7.14 Å². The lowest BCUT2D eigenvalue weighted by molar-refractivity contribution is 1.20. The third-order valence-electron chi connectivity index (χ3n) is 1.02. The Hall–Kier alpha value is 0.235. The fourth-order valence-electron chi connectivity index (χ4n) is 0.639. The van der Waals surface area contributed by atoms with E-state index in [0.717, 1.165) is 6.42 Å². The first-order valence-electron chi connectivity index (χ1n) is 3.30. The summed E-state index contributed by atoms with van der Waals surface area (Å²) in [7, 11) is -0.713. The van der Waals surface area contributed by atoms with Gasteiger partial charge in [-0.2, -0.15) is 0 Å². The highest BCUT2D eigenvalue weighted by Gasteiger charge is 2.21. The SMILES string of the molecule is C=C([B][P+](C)(C)C)CC. The largest absolute Gasteiger partial charge is 0.389 e. The molecule has 0 aliphatic heterocycles. The standard InChI is InChI=1S/C7H16BP/c1-6-7(2)8-9(3,4)5/h2,6H2,1,3-5H3/q+1. The van der Waals surface area contributed by atoms with Crippen LogP contribution in [0.4, 0.5) is 0 Å². The van der Waals surface area contributed by atoms with Crippen LogP contribution in [0.3, 0.4) is 0 Å². The minimum atomic E-state index is -0.713. The second-order valence-electron chi connectivity index (χ2n) is 3.26. The van der Waals surface area contributed by atoms with E-state index in [1.807, 2.05) is 0 Å². The Balaban J connectivity index is 3.60. The molecule has 0 rings (SSSR count). The Kier molecular flexibility index (Phi) is 3.50. The third kappa shape index (κ3) is 6.12. The maximum atomic E-state index is 3.93. The molecule has 0 saturated heterocycles. The van der Waals surface area contributed by atoms with Crippen molar-refractivity contribution in [3.05, 3.63) is 12.1 Å². The van der Waals surface area contributed by atoms with Crippen LogP contribution in [0.15, 0.2) is 12.1 Å². The molecule has 0 unspecified atom stereocenters. The highest BCUT2D eigenvalue weighted by Crippen LogP contribution is 2.45. The van der Waals surface area contributed by atoms with Crippen molar-refractivity contribution in [1.29, 1.82) is 0 Å². The van der Waals surface area contributed by atoms with E-state index in [1.165, 1.54) is 5.47 Å². The highest BCUT2D eigenvalue weighted by molar-refractivity contribution is 7.99. The fourth-order valence-corrected chi connectivity index (χ4v) is 1.92. The van der Waals surface area contributed by atoms with Crippen LogP contribution in [-0.2, 0) is 0 Å². The molecule has 0 atom stereocenters. The molecule has 2 heteroatoms. The summed E-state index contributed by atoms with van der Waals surface area (Å²) in [5, 5.41) is 0. The molecular formula is C7H16BP+. The van der Waals surface area contributed by atoms with Gasteiger partial charge in [-0.15, -0.1) is 6.58 Å². The van der Waals surface area contributed by atoms with E-state index in [4.69, 9.17) is 0 Å². The predicted octanol–water partition coefficient (Wildman–Crippen LogP) is 2.44. The van der Waals surface area contributed by atoms with Crippen LogP contribution in [0, 0.1) is 0 Å². The average Bonchev–Trinajstić information content (AvgIpc) is 1.62. The minimum absolute atomic E-state index is 0.713. The van der Waals surface area contributed by atoms with E-state index in [9.17, 15) is 0 Å². The molecule has 0 aromatic rings. The molecule has 0 amide bonds. The summed E-state index contributed by atoms with van der Waals surface area (Å²) in [4.78, 5) is 0. The molecule has 1 radical (unpaired) electrons. The lowest BCUT2D eigenvalue weighted by Crippen LogP contribution is -1.99. The van der Waals surface area contributed by atoms with Crippen LogP contribution in [0.2, 0.25) is 0 Å². The van der Waals surface area contributed by atoms with Gasteiger partial charge in [0.1, 0.15) is 0 Å². The quantitative estimate of drug-likeness (QED) is 0.419. The molecule has 0 aliphatic carbocycles. The molecule has 0 saturated carbocycles. The van der Waals surface area contributed by atoms with Gasteiger partial charge in [0.25, 0.3) is 0 Å². The Labute approximate surface area is 60.3 Å². The lowest BCUT2D eigenvalue weighted by atomic mass is 9.93. The maximum absolute atomic E-state index is 3.93. The van der Waals surface area contributed by atoms with Gasteiger partial charge in [-0.05, 0) is 13.6 Å². The summed E-state index contributed by atoms with van der Waals surface area (Å²) in [5.41, 5.74) is 1.29. The fraction of sp³-hybridized carbons (Fsp3) is 0.714. The van der Waals surface area contributed by atoms with Gasteiger partial charge in [-0.25, -0.2) is 0 Å². The summed E-state index contributed by atoms with van der Waals surface area (Å²) in [6.45, 7) is 15.3. The molecule has 0 heterocycles. The first-order chi connectivity index (χ1) is 3.95. The summed E-state index contributed by atoms with van der Waals surface area (Å²) >= 11 is 0. The molecule has 51 valence electrons. The van der Waals surface area contributed by atoms with Crippen LogP contribution in [0.25, 0.3) is 0 Å². The van der Waals surface area contributed by atoms with Gasteiger partial charge < -0.3 is 0 Å². The zero-order chi connectivity index (χ0) is 7.49. The van der Waals surface area contributed by atoms with Crippen LogP contribution < -0.4 is 0 Å². The molecule has 9 heavy (non-hydrogen) atoms. The van der Waals surface area contributed by atoms with Gasteiger partial charge in [0.15, 0.2) is 0 Å². The smallest absolute Gasteiger partial charge is 0.105 e. The van der Waals surface area contributed by atoms with E-state index in [2.05, 4.69) is 40.5 Å². The van der Waals surface area contributed by atoms with Gasteiger partial charge in [-0.1, -0.05) is 12.4 Å². The average molecular weight is 142 g/mol. The van der Waals surface area contributed by atoms with Gasteiger partial charge in [0, 0.05) is 20.0 Å². The van der Waals surface area contributed by atoms with Crippen LogP contribution in [0.1, 0.15) is 13.3 Å². The van der Waals surface area contributed by atoms with Crippen molar-refractivity contribution >= 4 is 14.1 Å². The predicted molar refractivity (Wildman–Crippen MR) is 49.9 cm³/mol. The molecule has 0 spiro atoms. The number of hydrogen-bond acceptors (Lipinski definition) is 0. The van der Waals surface area contributed by atoms with E-state index >= 15 is 0 Å². The van der Waals surface area contributed by atoms with Gasteiger partial charge in [0.2, 0.25) is 0 Å². The van der Waals surface area contributed by atoms with Gasteiger partial charge >= 0.3 is 7.00 Å². The van der Waals surface area contributed by atoms with Crippen molar-refractivity contribution in [2.75, 3.05) is 20.0 Å². The van der Waals surface area contributed by atoms with Crippen molar-refractivity contribution in [3.8, 4) is 0 Å². The van der Waals surface area contributed by atoms with Crippen LogP contribution >= 0.6 is 7.14 Å². The Morgan fingerprint density at radius 1 is 1.44 bits per heavy atom. The number of rotatable bonds is 3. The summed E-state index contributed by atoms with van der Waals surface area (Å²) in [6, 6.07) is 0. The van der Waals surface area contributed by atoms with Crippen molar-refractivity contribution in [1.82, 2.24) is 0 Å². The number of hydrogen-bond donors (Lipinski definition) is 0. The molecule has 0 aromatic carbocycles. The zero-order valence-corrected chi connectivity index (χ0v) is 7.83. The van der Waals surface area contributed by atoms with Crippen molar-refractivity contribution in [3.63, 3.8) is 0 Å². The number of allylic oxidation sites excluding steroid dienone is 1. The van der Waals surface area contributed by atoms with Gasteiger partial charge in [0.05, 0.1) is 0 Å². The van der Waals surface area contributed by atoms with E-state index in [-0.39, 0.29) is 0 Å². The van der Waals surface area contributed by atoms with Crippen molar-refractivity contribution in [2.45, 2.75) is 13.3 Å². The van der Waals surface area contributed by atoms with Gasteiger partial charge in [-0.3, -0.25) is 0 Å². The Morgan fingerprint density at radius 3 is 2.00 bits per heavy atom. The van der Waals surface area contributed by atoms with Crippen LogP contribution in [0.5, 0.6) is 0 Å². The maximum Gasteiger partial charge on any atom is 0.389 e. The normalized spacial score (nSPS) is 11.1. The monoisotopic (exact) mass is 142 g/mol. The van der Waals surface area contributed by atoms with Crippen LogP contribution in [-0.4, -0.2) is 27.0 Å². The van der Waals surface area contributed by atoms with Crippen molar-refractivity contribution in [2.24, 2.45) is 0 Å².